The monoisotopic (exact) mass is 532 g/mol. The SMILES string of the molecule is CC/C=C\C/C=C\C/C=C\CCCCCCCC(=O)O.OCC(CO)(CO)COCC(CO)(CO)CO. The summed E-state index contributed by atoms with van der Waals surface area (Å²) in [5, 5.41) is 62.7. The van der Waals surface area contributed by atoms with Crippen LogP contribution in [0.5, 0.6) is 0 Å². The molecule has 0 aliphatic carbocycles. The van der Waals surface area contributed by atoms with Crippen LogP contribution in [-0.2, 0) is 9.53 Å². The predicted octanol–water partition coefficient (Wildman–Crippen LogP) is 2.59. The molecule has 0 heterocycles. The van der Waals surface area contributed by atoms with Gasteiger partial charge < -0.3 is 40.5 Å². The van der Waals surface area contributed by atoms with Gasteiger partial charge in [0.2, 0.25) is 0 Å². The van der Waals surface area contributed by atoms with E-state index in [0.717, 1.165) is 44.9 Å². The normalized spacial score (nSPS) is 12.5. The van der Waals surface area contributed by atoms with Gasteiger partial charge in [-0.1, -0.05) is 62.6 Å². The van der Waals surface area contributed by atoms with Crippen molar-refractivity contribution in [1.29, 1.82) is 0 Å². The van der Waals surface area contributed by atoms with Crippen molar-refractivity contribution < 1.29 is 45.3 Å². The topological polar surface area (TPSA) is 168 Å². The third kappa shape index (κ3) is 21.1. The largest absolute Gasteiger partial charge is 0.481 e. The Bertz CT molecular complexity index is 558. The molecule has 9 nitrogen and oxygen atoms in total. The van der Waals surface area contributed by atoms with Gasteiger partial charge in [0, 0.05) is 6.42 Å². The minimum Gasteiger partial charge on any atom is -0.481 e. The minimum atomic E-state index is -1.16. The van der Waals surface area contributed by atoms with Gasteiger partial charge in [-0.25, -0.2) is 0 Å². The fraction of sp³-hybridized carbons (Fsp3) is 0.750. The van der Waals surface area contributed by atoms with Crippen LogP contribution in [-0.4, -0.2) is 94.6 Å². The van der Waals surface area contributed by atoms with Crippen LogP contribution >= 0.6 is 0 Å². The number of aliphatic carboxylic acids is 1. The molecule has 37 heavy (non-hydrogen) atoms. The summed E-state index contributed by atoms with van der Waals surface area (Å²) in [5.74, 6) is -0.675. The number of hydrogen-bond acceptors (Lipinski definition) is 8. The molecule has 0 aliphatic heterocycles. The van der Waals surface area contributed by atoms with Crippen LogP contribution in [0.1, 0.15) is 71.1 Å². The first-order valence-corrected chi connectivity index (χ1v) is 13.2. The third-order valence-corrected chi connectivity index (χ3v) is 5.87. The van der Waals surface area contributed by atoms with Gasteiger partial charge in [-0.2, -0.15) is 0 Å². The van der Waals surface area contributed by atoms with Gasteiger partial charge in [-0.3, -0.25) is 4.79 Å². The number of allylic oxidation sites excluding steroid dienone is 6. The number of hydrogen-bond donors (Lipinski definition) is 7. The van der Waals surface area contributed by atoms with Crippen molar-refractivity contribution in [3.8, 4) is 0 Å². The fourth-order valence-electron chi connectivity index (χ4n) is 2.95. The van der Waals surface area contributed by atoms with Crippen molar-refractivity contribution >= 4 is 5.97 Å². The number of aliphatic hydroxyl groups is 6. The molecule has 0 spiro atoms. The lowest BCUT2D eigenvalue weighted by atomic mass is 9.91. The van der Waals surface area contributed by atoms with Crippen LogP contribution in [0.4, 0.5) is 0 Å². The number of carboxylic acid groups (broad SMARTS) is 1. The van der Waals surface area contributed by atoms with E-state index in [9.17, 15) is 4.79 Å². The average Bonchev–Trinajstić information content (AvgIpc) is 2.92. The predicted molar refractivity (Wildman–Crippen MR) is 145 cm³/mol. The van der Waals surface area contributed by atoms with E-state index in [4.69, 9.17) is 40.5 Å². The molecule has 0 aromatic rings. The Labute approximate surface area is 222 Å². The van der Waals surface area contributed by atoms with E-state index < -0.39 is 56.4 Å². The minimum absolute atomic E-state index is 0.141. The highest BCUT2D eigenvalue weighted by Gasteiger charge is 2.32. The molecular formula is C28H52O9. The lowest BCUT2D eigenvalue weighted by molar-refractivity contribution is -0.137. The number of carboxylic acids is 1. The molecule has 0 saturated carbocycles. The third-order valence-electron chi connectivity index (χ3n) is 5.87. The summed E-state index contributed by atoms with van der Waals surface area (Å²) >= 11 is 0. The first-order valence-electron chi connectivity index (χ1n) is 13.2. The van der Waals surface area contributed by atoms with E-state index in [1.165, 1.54) is 12.8 Å². The van der Waals surface area contributed by atoms with Crippen molar-refractivity contribution in [2.75, 3.05) is 52.9 Å². The molecule has 9 heteroatoms. The Morgan fingerprint density at radius 3 is 1.46 bits per heavy atom. The van der Waals surface area contributed by atoms with Crippen LogP contribution in [0.2, 0.25) is 0 Å². The van der Waals surface area contributed by atoms with Crippen molar-refractivity contribution in [3.63, 3.8) is 0 Å². The van der Waals surface area contributed by atoms with Crippen molar-refractivity contribution in [2.45, 2.75) is 71.1 Å². The summed E-state index contributed by atoms with van der Waals surface area (Å²) in [6, 6.07) is 0. The fourth-order valence-corrected chi connectivity index (χ4v) is 2.95. The highest BCUT2D eigenvalue weighted by atomic mass is 16.5. The van der Waals surface area contributed by atoms with Gasteiger partial charge in [0.1, 0.15) is 0 Å². The average molecular weight is 533 g/mol. The van der Waals surface area contributed by atoms with Gasteiger partial charge in [0.15, 0.2) is 0 Å². The van der Waals surface area contributed by atoms with Crippen LogP contribution in [0.15, 0.2) is 36.5 Å². The maximum Gasteiger partial charge on any atom is 0.303 e. The zero-order chi connectivity index (χ0) is 28.3. The van der Waals surface area contributed by atoms with Crippen LogP contribution in [0.25, 0.3) is 0 Å². The van der Waals surface area contributed by atoms with Gasteiger partial charge in [0.25, 0.3) is 0 Å². The maximum absolute atomic E-state index is 10.3. The molecule has 0 bridgehead atoms. The summed E-state index contributed by atoms with van der Waals surface area (Å²) in [6.45, 7) is -0.857. The number of unbranched alkanes of at least 4 members (excludes halogenated alkanes) is 5. The Balaban J connectivity index is 0. The second-order valence-corrected chi connectivity index (χ2v) is 9.44. The first kappa shape index (κ1) is 37.6. The van der Waals surface area contributed by atoms with E-state index >= 15 is 0 Å². The summed E-state index contributed by atoms with van der Waals surface area (Å²) < 4.78 is 5.15. The number of aliphatic hydroxyl groups excluding tert-OH is 6. The standard InChI is InChI=1S/C18H30O2.C10H22O7/c1-2-3-4-5-6-7-8-9-10-11-12-13-14-15-16-17-18(19)20;11-1-9(2-12,3-13)7-17-8-10(4-14,5-15)6-16/h3-4,6-7,9-10H,2,5,8,11-17H2,1H3,(H,19,20);11-16H,1-8H2/b4-3-,7-6-,10-9-;. The molecule has 0 aliphatic rings. The van der Waals surface area contributed by atoms with E-state index in [2.05, 4.69) is 43.4 Å². The van der Waals surface area contributed by atoms with Crippen LogP contribution in [0, 0.1) is 10.8 Å². The summed E-state index contributed by atoms with van der Waals surface area (Å²) in [4.78, 5) is 10.3. The van der Waals surface area contributed by atoms with E-state index in [1.54, 1.807) is 0 Å². The summed E-state index contributed by atoms with van der Waals surface area (Å²) in [5.41, 5.74) is -2.32. The zero-order valence-electron chi connectivity index (χ0n) is 22.6. The Hall–Kier alpha value is -1.59. The molecule has 0 atom stereocenters. The van der Waals surface area contributed by atoms with Gasteiger partial charge in [-0.15, -0.1) is 0 Å². The molecule has 7 N–H and O–H groups in total. The van der Waals surface area contributed by atoms with Gasteiger partial charge in [-0.05, 0) is 38.5 Å². The summed E-state index contributed by atoms with van der Waals surface area (Å²) in [6.07, 6.45) is 23.4. The summed E-state index contributed by atoms with van der Waals surface area (Å²) in [7, 11) is 0. The zero-order valence-corrected chi connectivity index (χ0v) is 22.6. The Kier molecular flexibility index (Phi) is 26.4. The number of rotatable bonds is 23. The van der Waals surface area contributed by atoms with E-state index in [1.807, 2.05) is 0 Å². The van der Waals surface area contributed by atoms with Gasteiger partial charge in [0.05, 0.1) is 63.7 Å². The molecule has 0 fully saturated rings. The van der Waals surface area contributed by atoms with Gasteiger partial charge >= 0.3 is 5.97 Å². The number of ether oxygens (including phenoxy) is 1. The van der Waals surface area contributed by atoms with E-state index in [0.29, 0.717) is 6.42 Å². The molecule has 0 aromatic carbocycles. The smallest absolute Gasteiger partial charge is 0.303 e. The van der Waals surface area contributed by atoms with Crippen molar-refractivity contribution in [3.05, 3.63) is 36.5 Å². The molecule has 0 radical (unpaired) electrons. The molecule has 0 rings (SSSR count). The lowest BCUT2D eigenvalue weighted by Gasteiger charge is -2.31. The Morgan fingerprint density at radius 1 is 0.622 bits per heavy atom. The number of carbonyl (C=O) groups is 1. The van der Waals surface area contributed by atoms with Crippen molar-refractivity contribution in [1.82, 2.24) is 0 Å². The quantitative estimate of drug-likeness (QED) is 0.0772. The highest BCUT2D eigenvalue weighted by molar-refractivity contribution is 5.66. The molecule has 0 aromatic heterocycles. The highest BCUT2D eigenvalue weighted by Crippen LogP contribution is 2.19. The molecule has 0 saturated heterocycles. The molecular weight excluding hydrogens is 480 g/mol. The van der Waals surface area contributed by atoms with Crippen LogP contribution < -0.4 is 0 Å². The second kappa shape index (κ2) is 26.0. The van der Waals surface area contributed by atoms with Crippen molar-refractivity contribution in [2.24, 2.45) is 10.8 Å². The lowest BCUT2D eigenvalue weighted by Crippen LogP contribution is -2.43. The molecule has 218 valence electrons. The molecule has 0 unspecified atom stereocenters. The van der Waals surface area contributed by atoms with E-state index in [-0.39, 0.29) is 13.2 Å². The maximum atomic E-state index is 10.3. The molecule has 0 amide bonds. The second-order valence-electron chi connectivity index (χ2n) is 9.44. The first-order chi connectivity index (χ1) is 17.8. The Morgan fingerprint density at radius 2 is 1.03 bits per heavy atom. The van der Waals surface area contributed by atoms with Crippen LogP contribution in [0.3, 0.4) is 0 Å².